The summed E-state index contributed by atoms with van der Waals surface area (Å²) < 4.78 is 128. The summed E-state index contributed by atoms with van der Waals surface area (Å²) in [6.45, 7) is 1.05. The Hall–Kier alpha value is -3.45. The highest BCUT2D eigenvalue weighted by Crippen LogP contribution is 2.48. The van der Waals surface area contributed by atoms with Crippen LogP contribution < -0.4 is 4.90 Å². The molecule has 2 amide bonds. The molecule has 2 aromatic rings. The lowest BCUT2D eigenvalue weighted by Gasteiger charge is -2.45. The van der Waals surface area contributed by atoms with Crippen LogP contribution in [0.15, 0.2) is 36.4 Å². The van der Waals surface area contributed by atoms with Crippen molar-refractivity contribution in [2.24, 2.45) is 5.92 Å². The first-order chi connectivity index (χ1) is 20.0. The molecule has 2 unspecified atom stereocenters. The molecule has 5 nitrogen and oxygen atoms in total. The number of hydrogen-bond acceptors (Lipinski definition) is 3. The Bertz CT molecular complexity index is 1290. The van der Waals surface area contributed by atoms with Gasteiger partial charge in [-0.3, -0.25) is 9.69 Å². The van der Waals surface area contributed by atoms with Gasteiger partial charge in [0.1, 0.15) is 0 Å². The lowest BCUT2D eigenvalue weighted by atomic mass is 9.82. The van der Waals surface area contributed by atoms with Crippen LogP contribution in [0.4, 0.5) is 50.0 Å². The van der Waals surface area contributed by atoms with E-state index in [1.165, 1.54) is 4.90 Å². The number of nitrogens with zero attached hydrogens (tertiary/aromatic N) is 2. The molecule has 1 saturated carbocycles. The zero-order valence-corrected chi connectivity index (χ0v) is 23.0. The molecule has 1 aliphatic carbocycles. The Morgan fingerprint density at radius 3 is 2.00 bits per heavy atom. The lowest BCUT2D eigenvalue weighted by Crippen LogP contribution is -2.50. The van der Waals surface area contributed by atoms with Gasteiger partial charge in [-0.2, -0.15) is 39.5 Å². The standard InChI is InChI=1S/C29H29F9N2O3/c1-2-9-43-26(42)40-23-8-7-19(27(30,31)32)13-22(23)25(14-24(40)18-5-3-4-6-18)39(16-41)15-17-10-20(28(33,34)35)12-21(11-17)29(36,37)38/h7-8,10-13,16,18,24-25H,2-6,9,14-15H2,1H3. The van der Waals surface area contributed by atoms with Crippen LogP contribution in [0.2, 0.25) is 0 Å². The number of fused-ring (bicyclic) bond motifs is 1. The van der Waals surface area contributed by atoms with Gasteiger partial charge in [0.05, 0.1) is 35.0 Å². The molecule has 0 radical (unpaired) electrons. The zero-order valence-electron chi connectivity index (χ0n) is 23.0. The molecular formula is C29H29F9N2O3. The maximum atomic E-state index is 13.8. The van der Waals surface area contributed by atoms with Crippen molar-refractivity contribution in [1.82, 2.24) is 4.90 Å². The second-order valence-electron chi connectivity index (χ2n) is 10.8. The molecule has 2 aliphatic rings. The minimum Gasteiger partial charge on any atom is -0.449 e. The molecule has 2 atom stereocenters. The molecule has 0 spiro atoms. The monoisotopic (exact) mass is 624 g/mol. The average Bonchev–Trinajstić information content (AvgIpc) is 3.47. The highest BCUT2D eigenvalue weighted by molar-refractivity contribution is 5.90. The molecule has 1 fully saturated rings. The molecule has 0 bridgehead atoms. The van der Waals surface area contributed by atoms with Gasteiger partial charge in [-0.15, -0.1) is 0 Å². The maximum Gasteiger partial charge on any atom is 0.416 e. The third kappa shape index (κ3) is 7.20. The van der Waals surface area contributed by atoms with Crippen molar-refractivity contribution >= 4 is 18.2 Å². The minimum atomic E-state index is -5.13. The predicted molar refractivity (Wildman–Crippen MR) is 137 cm³/mol. The number of anilines is 1. The first-order valence-corrected chi connectivity index (χ1v) is 13.7. The Morgan fingerprint density at radius 1 is 0.907 bits per heavy atom. The number of amides is 2. The van der Waals surface area contributed by atoms with E-state index in [9.17, 15) is 49.1 Å². The third-order valence-electron chi connectivity index (χ3n) is 7.89. The molecule has 0 N–H and O–H groups in total. The van der Waals surface area contributed by atoms with Gasteiger partial charge in [0.25, 0.3) is 0 Å². The van der Waals surface area contributed by atoms with Gasteiger partial charge >= 0.3 is 24.6 Å². The molecule has 1 heterocycles. The van der Waals surface area contributed by atoms with Gasteiger partial charge in [0, 0.05) is 12.6 Å². The van der Waals surface area contributed by atoms with Gasteiger partial charge in [-0.1, -0.05) is 19.8 Å². The number of alkyl halides is 9. The number of carbonyl (C=O) groups is 2. The molecule has 14 heteroatoms. The topological polar surface area (TPSA) is 49.9 Å². The second kappa shape index (κ2) is 12.3. The minimum absolute atomic E-state index is 0.0362. The molecule has 4 rings (SSSR count). The van der Waals surface area contributed by atoms with Gasteiger partial charge in [0.2, 0.25) is 6.41 Å². The van der Waals surface area contributed by atoms with Crippen LogP contribution in [0.1, 0.15) is 79.3 Å². The maximum absolute atomic E-state index is 13.8. The van der Waals surface area contributed by atoms with Gasteiger partial charge in [-0.05, 0) is 79.1 Å². The smallest absolute Gasteiger partial charge is 0.416 e. The van der Waals surface area contributed by atoms with Crippen LogP contribution in [0.5, 0.6) is 0 Å². The van der Waals surface area contributed by atoms with Crippen molar-refractivity contribution in [3.05, 3.63) is 64.2 Å². The Balaban J connectivity index is 1.84. The van der Waals surface area contributed by atoms with E-state index in [4.69, 9.17) is 4.74 Å². The first kappa shape index (κ1) is 32.5. The van der Waals surface area contributed by atoms with Crippen molar-refractivity contribution < 1.29 is 53.8 Å². The quantitative estimate of drug-likeness (QED) is 0.229. The summed E-state index contributed by atoms with van der Waals surface area (Å²) in [5.74, 6) is -0.119. The lowest BCUT2D eigenvalue weighted by molar-refractivity contribution is -0.143. The first-order valence-electron chi connectivity index (χ1n) is 13.7. The summed E-state index contributed by atoms with van der Waals surface area (Å²) in [5, 5.41) is 0. The molecule has 236 valence electrons. The van der Waals surface area contributed by atoms with Crippen LogP contribution in [0.3, 0.4) is 0 Å². The SMILES string of the molecule is CCCOC(=O)N1c2ccc(C(F)(F)F)cc2C(N(C=O)Cc2cc(C(F)(F)F)cc(C(F)(F)F)c2)CC1C1CCCC1. The molecule has 2 aromatic carbocycles. The van der Waals surface area contributed by atoms with Crippen LogP contribution in [0.25, 0.3) is 0 Å². The molecule has 43 heavy (non-hydrogen) atoms. The summed E-state index contributed by atoms with van der Waals surface area (Å²) in [6, 6.07) is 1.70. The Kier molecular flexibility index (Phi) is 9.27. The number of hydrogen-bond donors (Lipinski definition) is 0. The van der Waals surface area contributed by atoms with E-state index in [2.05, 4.69) is 0 Å². The van der Waals surface area contributed by atoms with Crippen molar-refractivity contribution in [2.45, 2.75) is 82.6 Å². The van der Waals surface area contributed by atoms with Crippen molar-refractivity contribution in [2.75, 3.05) is 11.5 Å². The van der Waals surface area contributed by atoms with E-state index in [1.54, 1.807) is 6.92 Å². The van der Waals surface area contributed by atoms with E-state index >= 15 is 0 Å². The predicted octanol–water partition coefficient (Wildman–Crippen LogP) is 8.76. The van der Waals surface area contributed by atoms with E-state index in [1.807, 2.05) is 0 Å². The Labute approximate surface area is 241 Å². The van der Waals surface area contributed by atoms with E-state index in [0.717, 1.165) is 35.9 Å². The van der Waals surface area contributed by atoms with E-state index in [-0.39, 0.29) is 42.7 Å². The van der Waals surface area contributed by atoms with Gasteiger partial charge < -0.3 is 9.64 Å². The largest absolute Gasteiger partial charge is 0.449 e. The molecular weight excluding hydrogens is 595 g/mol. The highest BCUT2D eigenvalue weighted by atomic mass is 19.4. The van der Waals surface area contributed by atoms with Crippen molar-refractivity contribution in [1.29, 1.82) is 0 Å². The number of benzene rings is 2. The van der Waals surface area contributed by atoms with Crippen molar-refractivity contribution in [3.63, 3.8) is 0 Å². The number of ether oxygens (including phenoxy) is 1. The number of carbonyl (C=O) groups excluding carboxylic acids is 2. The average molecular weight is 625 g/mol. The van der Waals surface area contributed by atoms with Gasteiger partial charge in [-0.25, -0.2) is 4.79 Å². The summed E-state index contributed by atoms with van der Waals surface area (Å²) in [7, 11) is 0. The van der Waals surface area contributed by atoms with E-state index in [0.29, 0.717) is 31.4 Å². The third-order valence-corrected chi connectivity index (χ3v) is 7.89. The fraction of sp³-hybridized carbons (Fsp3) is 0.517. The summed E-state index contributed by atoms with van der Waals surface area (Å²) >= 11 is 0. The normalized spacial score (nSPS) is 19.7. The second-order valence-corrected chi connectivity index (χ2v) is 10.8. The van der Waals surface area contributed by atoms with Crippen LogP contribution in [0, 0.1) is 5.92 Å². The zero-order chi connectivity index (χ0) is 31.7. The van der Waals surface area contributed by atoms with E-state index < -0.39 is 65.5 Å². The Morgan fingerprint density at radius 2 is 1.49 bits per heavy atom. The van der Waals surface area contributed by atoms with Crippen LogP contribution in [-0.4, -0.2) is 30.1 Å². The van der Waals surface area contributed by atoms with Gasteiger partial charge in [0.15, 0.2) is 0 Å². The summed E-state index contributed by atoms with van der Waals surface area (Å²) in [4.78, 5) is 27.8. The van der Waals surface area contributed by atoms with Crippen LogP contribution >= 0.6 is 0 Å². The molecule has 0 saturated heterocycles. The molecule has 0 aromatic heterocycles. The number of rotatable bonds is 7. The fourth-order valence-corrected chi connectivity index (χ4v) is 5.95. The summed E-state index contributed by atoms with van der Waals surface area (Å²) in [5.41, 5.74) is -4.85. The van der Waals surface area contributed by atoms with Crippen LogP contribution in [-0.2, 0) is 34.6 Å². The highest BCUT2D eigenvalue weighted by Gasteiger charge is 2.45. The molecule has 1 aliphatic heterocycles. The fourth-order valence-electron chi connectivity index (χ4n) is 5.95. The van der Waals surface area contributed by atoms with Crippen molar-refractivity contribution in [3.8, 4) is 0 Å². The summed E-state index contributed by atoms with van der Waals surface area (Å²) in [6.07, 6.45) is -12.3. The number of halogens is 9.